The minimum atomic E-state index is -0.0840. The van der Waals surface area contributed by atoms with Gasteiger partial charge in [0.05, 0.1) is 6.26 Å². The first-order valence-corrected chi connectivity index (χ1v) is 9.57. The molecule has 0 unspecified atom stereocenters. The van der Waals surface area contributed by atoms with Crippen molar-refractivity contribution in [3.63, 3.8) is 0 Å². The SMILES string of the molecule is O=C(Nc1ccc(Cl)cc1)N1CCC(c2nnc(-c3ccco3)s2)CC1. The number of anilines is 1. The van der Waals surface area contributed by atoms with Crippen LogP contribution in [0.15, 0.2) is 47.1 Å². The highest BCUT2D eigenvalue weighted by molar-refractivity contribution is 7.14. The average Bonchev–Trinajstić information content (AvgIpc) is 3.35. The van der Waals surface area contributed by atoms with Gasteiger partial charge in [-0.2, -0.15) is 0 Å². The highest BCUT2D eigenvalue weighted by Crippen LogP contribution is 2.33. The summed E-state index contributed by atoms with van der Waals surface area (Å²) in [6.45, 7) is 1.39. The van der Waals surface area contributed by atoms with Crippen molar-refractivity contribution in [1.82, 2.24) is 15.1 Å². The number of nitrogens with one attached hydrogen (secondary N) is 1. The molecule has 2 aromatic heterocycles. The second-order valence-electron chi connectivity index (χ2n) is 6.12. The number of rotatable bonds is 3. The Bertz CT molecular complexity index is 871. The summed E-state index contributed by atoms with van der Waals surface area (Å²) in [7, 11) is 0. The first-order chi connectivity index (χ1) is 12.7. The van der Waals surface area contributed by atoms with Crippen molar-refractivity contribution >= 4 is 34.7 Å². The number of hydrogen-bond donors (Lipinski definition) is 1. The van der Waals surface area contributed by atoms with E-state index in [-0.39, 0.29) is 6.03 Å². The monoisotopic (exact) mass is 388 g/mol. The predicted octanol–water partition coefficient (Wildman–Crippen LogP) is 4.86. The normalized spacial score (nSPS) is 15.2. The van der Waals surface area contributed by atoms with Crippen molar-refractivity contribution in [2.45, 2.75) is 18.8 Å². The zero-order chi connectivity index (χ0) is 17.9. The van der Waals surface area contributed by atoms with Gasteiger partial charge in [0.2, 0.25) is 0 Å². The summed E-state index contributed by atoms with van der Waals surface area (Å²) in [6.07, 6.45) is 3.38. The number of hydrogen-bond acceptors (Lipinski definition) is 5. The van der Waals surface area contributed by atoms with Crippen LogP contribution in [-0.4, -0.2) is 34.2 Å². The maximum atomic E-state index is 12.4. The number of benzene rings is 1. The molecule has 26 heavy (non-hydrogen) atoms. The molecular weight excluding hydrogens is 372 g/mol. The van der Waals surface area contributed by atoms with Crippen LogP contribution in [0.3, 0.4) is 0 Å². The minimum absolute atomic E-state index is 0.0840. The van der Waals surface area contributed by atoms with E-state index in [0.717, 1.165) is 34.3 Å². The molecule has 4 rings (SSSR count). The van der Waals surface area contributed by atoms with E-state index in [9.17, 15) is 4.79 Å². The van der Waals surface area contributed by atoms with Crippen LogP contribution >= 0.6 is 22.9 Å². The van der Waals surface area contributed by atoms with Crippen LogP contribution in [-0.2, 0) is 0 Å². The molecular formula is C18H17ClN4O2S. The van der Waals surface area contributed by atoms with Gasteiger partial charge in [-0.25, -0.2) is 4.79 Å². The van der Waals surface area contributed by atoms with Crippen LogP contribution in [0, 0.1) is 0 Å². The molecule has 1 fully saturated rings. The van der Waals surface area contributed by atoms with Gasteiger partial charge in [0, 0.05) is 29.7 Å². The van der Waals surface area contributed by atoms with Crippen LogP contribution in [0.1, 0.15) is 23.8 Å². The largest absolute Gasteiger partial charge is 0.462 e. The molecule has 0 bridgehead atoms. The Morgan fingerprint density at radius 2 is 1.96 bits per heavy atom. The molecule has 1 N–H and O–H groups in total. The van der Waals surface area contributed by atoms with Crippen molar-refractivity contribution < 1.29 is 9.21 Å². The molecule has 6 nitrogen and oxygen atoms in total. The quantitative estimate of drug-likeness (QED) is 0.695. The smallest absolute Gasteiger partial charge is 0.321 e. The molecule has 0 aliphatic carbocycles. The number of furan rings is 1. The first kappa shape index (κ1) is 17.1. The number of amides is 2. The van der Waals surface area contributed by atoms with Gasteiger partial charge in [-0.15, -0.1) is 10.2 Å². The average molecular weight is 389 g/mol. The van der Waals surface area contributed by atoms with Gasteiger partial charge in [0.15, 0.2) is 10.8 Å². The Hall–Kier alpha value is -2.38. The summed E-state index contributed by atoms with van der Waals surface area (Å²) in [5.74, 6) is 1.07. The highest BCUT2D eigenvalue weighted by atomic mass is 35.5. The second kappa shape index (κ2) is 7.47. The number of urea groups is 1. The molecule has 1 aliphatic rings. The number of halogens is 1. The minimum Gasteiger partial charge on any atom is -0.462 e. The van der Waals surface area contributed by atoms with E-state index in [2.05, 4.69) is 15.5 Å². The zero-order valence-electron chi connectivity index (χ0n) is 13.9. The third kappa shape index (κ3) is 3.73. The molecule has 1 aromatic carbocycles. The Balaban J connectivity index is 1.33. The number of likely N-dealkylation sites (tertiary alicyclic amines) is 1. The fraction of sp³-hybridized carbons (Fsp3) is 0.278. The van der Waals surface area contributed by atoms with E-state index < -0.39 is 0 Å². The van der Waals surface area contributed by atoms with Crippen molar-refractivity contribution in [3.05, 3.63) is 52.7 Å². The highest BCUT2D eigenvalue weighted by Gasteiger charge is 2.26. The van der Waals surface area contributed by atoms with E-state index in [1.807, 2.05) is 17.0 Å². The molecule has 1 saturated heterocycles. The van der Waals surface area contributed by atoms with Crippen LogP contribution in [0.5, 0.6) is 0 Å². The summed E-state index contributed by atoms with van der Waals surface area (Å²) < 4.78 is 5.37. The lowest BCUT2D eigenvalue weighted by molar-refractivity contribution is 0.194. The van der Waals surface area contributed by atoms with Gasteiger partial charge in [-0.3, -0.25) is 0 Å². The van der Waals surface area contributed by atoms with E-state index >= 15 is 0 Å². The number of carbonyl (C=O) groups excluding carboxylic acids is 1. The predicted molar refractivity (Wildman–Crippen MR) is 102 cm³/mol. The fourth-order valence-corrected chi connectivity index (χ4v) is 4.07. The number of carbonyl (C=O) groups is 1. The van der Waals surface area contributed by atoms with Crippen molar-refractivity contribution in [2.75, 3.05) is 18.4 Å². The number of nitrogens with zero attached hydrogens (tertiary/aromatic N) is 3. The van der Waals surface area contributed by atoms with Gasteiger partial charge < -0.3 is 14.6 Å². The van der Waals surface area contributed by atoms with Crippen LogP contribution < -0.4 is 5.32 Å². The van der Waals surface area contributed by atoms with Gasteiger partial charge in [-0.05, 0) is 49.2 Å². The fourth-order valence-electron chi connectivity index (χ4n) is 2.96. The van der Waals surface area contributed by atoms with Gasteiger partial charge in [0.25, 0.3) is 0 Å². The van der Waals surface area contributed by atoms with Crippen LogP contribution in [0.4, 0.5) is 10.5 Å². The molecule has 0 radical (unpaired) electrons. The van der Waals surface area contributed by atoms with Crippen molar-refractivity contribution in [2.24, 2.45) is 0 Å². The molecule has 2 amide bonds. The van der Waals surface area contributed by atoms with Gasteiger partial charge >= 0.3 is 6.03 Å². The van der Waals surface area contributed by atoms with E-state index in [1.165, 1.54) is 0 Å². The molecule has 0 spiro atoms. The number of aromatic nitrogens is 2. The summed E-state index contributed by atoms with van der Waals surface area (Å²) in [4.78, 5) is 14.2. The van der Waals surface area contributed by atoms with Crippen molar-refractivity contribution in [1.29, 1.82) is 0 Å². The first-order valence-electron chi connectivity index (χ1n) is 8.38. The molecule has 134 valence electrons. The summed E-state index contributed by atoms with van der Waals surface area (Å²) in [6, 6.07) is 10.8. The maximum absolute atomic E-state index is 12.4. The lowest BCUT2D eigenvalue weighted by atomic mass is 9.98. The van der Waals surface area contributed by atoms with E-state index in [4.69, 9.17) is 16.0 Å². The molecule has 3 heterocycles. The second-order valence-corrected chi connectivity index (χ2v) is 7.57. The Labute approximate surface area is 159 Å². The van der Waals surface area contributed by atoms with Gasteiger partial charge in [-0.1, -0.05) is 22.9 Å². The Morgan fingerprint density at radius 3 is 2.65 bits per heavy atom. The van der Waals surface area contributed by atoms with E-state index in [1.54, 1.807) is 41.9 Å². The molecule has 8 heteroatoms. The lowest BCUT2D eigenvalue weighted by Crippen LogP contribution is -2.40. The summed E-state index contributed by atoms with van der Waals surface area (Å²) >= 11 is 7.43. The maximum Gasteiger partial charge on any atom is 0.321 e. The third-order valence-corrected chi connectivity index (χ3v) is 5.75. The van der Waals surface area contributed by atoms with Crippen molar-refractivity contribution in [3.8, 4) is 10.8 Å². The molecule has 3 aromatic rings. The Kier molecular flexibility index (Phi) is 4.90. The Morgan fingerprint density at radius 1 is 1.19 bits per heavy atom. The lowest BCUT2D eigenvalue weighted by Gasteiger charge is -2.30. The summed E-state index contributed by atoms with van der Waals surface area (Å²) in [5, 5.41) is 13.9. The van der Waals surface area contributed by atoms with Gasteiger partial charge in [0.1, 0.15) is 5.01 Å². The molecule has 1 aliphatic heterocycles. The molecule has 0 saturated carbocycles. The topological polar surface area (TPSA) is 71.3 Å². The standard InChI is InChI=1S/C18H17ClN4O2S/c19-13-3-5-14(6-4-13)20-18(24)23-9-7-12(8-10-23)16-21-22-17(26-16)15-2-1-11-25-15/h1-6,11-12H,7-10H2,(H,20,24). The van der Waals surface area contributed by atoms with Crippen LogP contribution in [0.2, 0.25) is 5.02 Å². The third-order valence-electron chi connectivity index (χ3n) is 4.40. The van der Waals surface area contributed by atoms with Crippen LogP contribution in [0.25, 0.3) is 10.8 Å². The summed E-state index contributed by atoms with van der Waals surface area (Å²) in [5.41, 5.74) is 0.744. The molecule has 0 atom stereocenters. The van der Waals surface area contributed by atoms with E-state index in [0.29, 0.717) is 24.0 Å². The zero-order valence-corrected chi connectivity index (χ0v) is 15.5. The number of piperidine rings is 1.